The Bertz CT molecular complexity index is 1160. The first-order valence-electron chi connectivity index (χ1n) is 10.7. The van der Waals surface area contributed by atoms with Crippen molar-refractivity contribution in [1.82, 2.24) is 4.90 Å². The van der Waals surface area contributed by atoms with Crippen molar-refractivity contribution in [2.45, 2.75) is 31.9 Å². The Morgan fingerprint density at radius 3 is 2.29 bits per heavy atom. The van der Waals surface area contributed by atoms with Gasteiger partial charge < -0.3 is 10.2 Å². The van der Waals surface area contributed by atoms with Gasteiger partial charge in [-0.3, -0.25) is 14.4 Å². The number of benzene rings is 2. The van der Waals surface area contributed by atoms with Crippen LogP contribution >= 0.6 is 11.6 Å². The van der Waals surface area contributed by atoms with Crippen LogP contribution < -0.4 is 10.2 Å². The summed E-state index contributed by atoms with van der Waals surface area (Å²) in [5.74, 6) is -1.73. The van der Waals surface area contributed by atoms with Crippen LogP contribution in [0.25, 0.3) is 0 Å². The van der Waals surface area contributed by atoms with Crippen molar-refractivity contribution in [3.05, 3.63) is 70.4 Å². The predicted molar refractivity (Wildman–Crippen MR) is 121 cm³/mol. The molecule has 3 amide bonds. The van der Waals surface area contributed by atoms with E-state index in [1.54, 1.807) is 24.3 Å². The van der Waals surface area contributed by atoms with Crippen LogP contribution in [0.4, 0.5) is 24.5 Å². The summed E-state index contributed by atoms with van der Waals surface area (Å²) < 4.78 is 39.1. The largest absolute Gasteiger partial charge is 0.416 e. The summed E-state index contributed by atoms with van der Waals surface area (Å²) in [5.41, 5.74) is -0.222. The number of nitrogens with zero attached hydrogens (tertiary/aromatic N) is 2. The van der Waals surface area contributed by atoms with Crippen molar-refractivity contribution in [1.29, 1.82) is 0 Å². The Morgan fingerprint density at radius 1 is 0.971 bits per heavy atom. The average molecular weight is 492 g/mol. The summed E-state index contributed by atoms with van der Waals surface area (Å²) in [4.78, 5) is 40.3. The summed E-state index contributed by atoms with van der Waals surface area (Å²) in [7, 11) is 0. The van der Waals surface area contributed by atoms with Gasteiger partial charge in [-0.05, 0) is 55.2 Å². The maximum absolute atomic E-state index is 13.0. The fourth-order valence-corrected chi connectivity index (χ4v) is 4.16. The monoisotopic (exact) mass is 491 g/mol. The van der Waals surface area contributed by atoms with Crippen LogP contribution in [0.5, 0.6) is 0 Å². The van der Waals surface area contributed by atoms with Crippen LogP contribution in [0.3, 0.4) is 0 Å². The Morgan fingerprint density at radius 2 is 1.65 bits per heavy atom. The van der Waals surface area contributed by atoms with E-state index in [9.17, 15) is 27.6 Å². The number of anilines is 2. The molecule has 0 aliphatic carbocycles. The molecule has 0 saturated carbocycles. The number of halogens is 4. The summed E-state index contributed by atoms with van der Waals surface area (Å²) in [5, 5.41) is 2.35. The number of hydrogen-bond donors (Lipinski definition) is 1. The van der Waals surface area contributed by atoms with Crippen molar-refractivity contribution in [2.75, 3.05) is 23.3 Å². The van der Waals surface area contributed by atoms with Crippen molar-refractivity contribution in [2.24, 2.45) is 0 Å². The van der Waals surface area contributed by atoms with Crippen molar-refractivity contribution < 1.29 is 27.6 Å². The van der Waals surface area contributed by atoms with E-state index in [0.717, 1.165) is 56.1 Å². The second kappa shape index (κ2) is 9.50. The number of carbonyl (C=O) groups is 3. The topological polar surface area (TPSA) is 69.7 Å². The third-order valence-corrected chi connectivity index (χ3v) is 6.10. The normalized spacial score (nSPS) is 16.9. The van der Waals surface area contributed by atoms with Crippen LogP contribution in [0.15, 0.2) is 59.3 Å². The van der Waals surface area contributed by atoms with Crippen LogP contribution in [0.2, 0.25) is 0 Å². The third-order valence-electron chi connectivity index (χ3n) is 5.75. The molecule has 2 aromatic rings. The van der Waals surface area contributed by atoms with Crippen LogP contribution in [-0.4, -0.2) is 35.7 Å². The first-order valence-corrected chi connectivity index (χ1v) is 11.1. The summed E-state index contributed by atoms with van der Waals surface area (Å²) in [6, 6.07) is 10.6. The Balaban J connectivity index is 1.46. The zero-order valence-corrected chi connectivity index (χ0v) is 18.7. The van der Waals surface area contributed by atoms with Gasteiger partial charge in [0.15, 0.2) is 0 Å². The van der Waals surface area contributed by atoms with Gasteiger partial charge in [0.2, 0.25) is 5.91 Å². The first-order chi connectivity index (χ1) is 16.1. The predicted octanol–water partition coefficient (Wildman–Crippen LogP) is 4.70. The second-order valence-electron chi connectivity index (χ2n) is 8.12. The van der Waals surface area contributed by atoms with Crippen molar-refractivity contribution in [3.63, 3.8) is 0 Å². The fourth-order valence-electron chi connectivity index (χ4n) is 3.95. The lowest BCUT2D eigenvalue weighted by Gasteiger charge is -2.26. The van der Waals surface area contributed by atoms with Crippen LogP contribution in [-0.2, 0) is 27.0 Å². The molecule has 4 rings (SSSR count). The molecule has 10 heteroatoms. The minimum absolute atomic E-state index is 0.0551. The molecule has 2 aliphatic heterocycles. The maximum atomic E-state index is 13.0. The Labute approximate surface area is 199 Å². The minimum Gasteiger partial charge on any atom is -0.350 e. The van der Waals surface area contributed by atoms with Crippen molar-refractivity contribution >= 4 is 40.7 Å². The van der Waals surface area contributed by atoms with E-state index in [1.165, 1.54) is 6.07 Å². The molecule has 0 radical (unpaired) electrons. The summed E-state index contributed by atoms with van der Waals surface area (Å²) in [6.07, 6.45) is -1.22. The van der Waals surface area contributed by atoms with E-state index in [0.29, 0.717) is 10.6 Å². The molecule has 34 heavy (non-hydrogen) atoms. The number of rotatable bonds is 5. The number of piperidine rings is 1. The zero-order chi connectivity index (χ0) is 24.5. The maximum Gasteiger partial charge on any atom is 0.416 e. The van der Waals surface area contributed by atoms with Gasteiger partial charge in [-0.1, -0.05) is 29.8 Å². The van der Waals surface area contributed by atoms with Crippen LogP contribution in [0, 0.1) is 0 Å². The summed E-state index contributed by atoms with van der Waals surface area (Å²) in [6.45, 7) is 1.54. The highest BCUT2D eigenvalue weighted by Gasteiger charge is 2.40. The highest BCUT2D eigenvalue weighted by molar-refractivity contribution is 6.53. The molecule has 0 atom stereocenters. The van der Waals surface area contributed by atoms with Gasteiger partial charge in [0.25, 0.3) is 11.8 Å². The number of hydrogen-bond acceptors (Lipinski definition) is 4. The van der Waals surface area contributed by atoms with Gasteiger partial charge in [-0.15, -0.1) is 0 Å². The quantitative estimate of drug-likeness (QED) is 0.616. The standard InChI is InChI=1S/C24H21ClF3N3O3/c25-20-21(23(34)31(22(20)33)18-6-4-5-16(14-18)24(26,27)28)29-17-9-7-15(8-10-17)13-19(32)30-11-2-1-3-12-30/h4-10,14,29H,1-3,11-13H2. The minimum atomic E-state index is -4.63. The van der Waals surface area contributed by atoms with E-state index >= 15 is 0 Å². The molecule has 1 fully saturated rings. The molecule has 0 aromatic heterocycles. The van der Waals surface area contributed by atoms with Gasteiger partial charge in [-0.25, -0.2) is 4.90 Å². The lowest BCUT2D eigenvalue weighted by molar-refractivity contribution is -0.137. The molecular weight excluding hydrogens is 471 g/mol. The number of amides is 3. The second-order valence-corrected chi connectivity index (χ2v) is 8.50. The Hall–Kier alpha value is -3.33. The molecule has 2 heterocycles. The molecule has 0 bridgehead atoms. The Kier molecular flexibility index (Phi) is 6.65. The van der Waals surface area contributed by atoms with Gasteiger partial charge in [0.1, 0.15) is 10.7 Å². The lowest BCUT2D eigenvalue weighted by Crippen LogP contribution is -2.36. The highest BCUT2D eigenvalue weighted by Crippen LogP contribution is 2.35. The smallest absolute Gasteiger partial charge is 0.350 e. The lowest BCUT2D eigenvalue weighted by atomic mass is 10.1. The van der Waals surface area contributed by atoms with E-state index in [1.807, 2.05) is 4.90 Å². The van der Waals surface area contributed by atoms with Gasteiger partial charge in [-0.2, -0.15) is 13.2 Å². The molecular formula is C24H21ClF3N3O3. The van der Waals surface area contributed by atoms with Gasteiger partial charge >= 0.3 is 6.18 Å². The van der Waals surface area contributed by atoms with E-state index in [2.05, 4.69) is 5.32 Å². The van der Waals surface area contributed by atoms with Crippen LogP contribution in [0.1, 0.15) is 30.4 Å². The van der Waals surface area contributed by atoms with E-state index in [4.69, 9.17) is 11.6 Å². The SMILES string of the molecule is O=C(Cc1ccc(NC2=C(Cl)C(=O)N(c3cccc(C(F)(F)F)c3)C2=O)cc1)N1CCCCC1. The van der Waals surface area contributed by atoms with Gasteiger partial charge in [0.05, 0.1) is 17.7 Å². The van der Waals surface area contributed by atoms with Crippen molar-refractivity contribution in [3.8, 4) is 0 Å². The van der Waals surface area contributed by atoms with Gasteiger partial charge in [0, 0.05) is 18.8 Å². The molecule has 2 aliphatic rings. The molecule has 1 saturated heterocycles. The number of likely N-dealkylation sites (tertiary alicyclic amines) is 1. The highest BCUT2D eigenvalue weighted by atomic mass is 35.5. The first kappa shape index (κ1) is 23.8. The number of imide groups is 1. The molecule has 1 N–H and O–H groups in total. The molecule has 178 valence electrons. The summed E-state index contributed by atoms with van der Waals surface area (Å²) >= 11 is 6.07. The molecule has 2 aromatic carbocycles. The molecule has 0 spiro atoms. The number of alkyl halides is 3. The average Bonchev–Trinajstić information content (AvgIpc) is 3.03. The molecule has 0 unspecified atom stereocenters. The third kappa shape index (κ3) is 4.94. The zero-order valence-electron chi connectivity index (χ0n) is 18.0. The fraction of sp³-hybridized carbons (Fsp3) is 0.292. The molecule has 6 nitrogen and oxygen atoms in total. The van der Waals surface area contributed by atoms with E-state index in [-0.39, 0.29) is 23.7 Å². The number of nitrogens with one attached hydrogen (secondary N) is 1. The number of carbonyl (C=O) groups excluding carboxylic acids is 3. The van der Waals surface area contributed by atoms with E-state index < -0.39 is 28.6 Å².